The summed E-state index contributed by atoms with van der Waals surface area (Å²) in [6, 6.07) is 17.3. The van der Waals surface area contributed by atoms with Crippen LogP contribution in [0.5, 0.6) is 5.75 Å². The van der Waals surface area contributed by atoms with Crippen LogP contribution in [0.1, 0.15) is 11.1 Å². The SMILES string of the molecule is O=C(NCc1ccccc1COc1ccccc1)C1=CN2CCS(=O)(=O)N=C2C=C1. The van der Waals surface area contributed by atoms with Crippen molar-refractivity contribution in [1.82, 2.24) is 10.2 Å². The number of carbonyl (C=O) groups is 1. The van der Waals surface area contributed by atoms with Crippen LogP contribution in [-0.2, 0) is 28.0 Å². The third kappa shape index (κ3) is 4.77. The van der Waals surface area contributed by atoms with Gasteiger partial charge in [-0.1, -0.05) is 42.5 Å². The molecule has 0 radical (unpaired) electrons. The molecule has 0 bridgehead atoms. The maximum Gasteiger partial charge on any atom is 0.256 e. The van der Waals surface area contributed by atoms with E-state index in [1.54, 1.807) is 23.3 Å². The Morgan fingerprint density at radius 2 is 1.77 bits per heavy atom. The Bertz CT molecular complexity index is 1140. The number of fused-ring (bicyclic) bond motifs is 1. The highest BCUT2D eigenvalue weighted by Crippen LogP contribution is 2.17. The number of amidine groups is 1. The Labute approximate surface area is 175 Å². The van der Waals surface area contributed by atoms with Gasteiger partial charge in [-0.3, -0.25) is 4.79 Å². The van der Waals surface area contributed by atoms with Crippen LogP contribution in [0.4, 0.5) is 0 Å². The van der Waals surface area contributed by atoms with E-state index in [0.29, 0.717) is 24.6 Å². The van der Waals surface area contributed by atoms with Gasteiger partial charge in [-0.15, -0.1) is 4.40 Å². The summed E-state index contributed by atoms with van der Waals surface area (Å²) in [6.45, 7) is 1.04. The molecule has 30 heavy (non-hydrogen) atoms. The zero-order valence-corrected chi connectivity index (χ0v) is 17.0. The molecule has 2 heterocycles. The summed E-state index contributed by atoms with van der Waals surface area (Å²) in [7, 11) is -3.41. The van der Waals surface area contributed by atoms with Gasteiger partial charge in [-0.2, -0.15) is 0 Å². The number of para-hydroxylation sites is 1. The van der Waals surface area contributed by atoms with E-state index in [4.69, 9.17) is 4.74 Å². The lowest BCUT2D eigenvalue weighted by Crippen LogP contribution is -2.38. The minimum absolute atomic E-state index is 0.0650. The van der Waals surface area contributed by atoms with Crippen molar-refractivity contribution < 1.29 is 17.9 Å². The van der Waals surface area contributed by atoms with Gasteiger partial charge in [0.2, 0.25) is 0 Å². The van der Waals surface area contributed by atoms with Crippen molar-refractivity contribution in [1.29, 1.82) is 0 Å². The van der Waals surface area contributed by atoms with Crippen LogP contribution in [-0.4, -0.2) is 37.4 Å². The fraction of sp³-hybridized carbons (Fsp3) is 0.182. The van der Waals surface area contributed by atoms with E-state index in [0.717, 1.165) is 16.9 Å². The molecule has 0 spiro atoms. The van der Waals surface area contributed by atoms with Crippen molar-refractivity contribution >= 4 is 21.8 Å². The summed E-state index contributed by atoms with van der Waals surface area (Å²) in [5.74, 6) is 0.818. The Balaban J connectivity index is 1.39. The minimum Gasteiger partial charge on any atom is -0.489 e. The number of hydrogen-bond donors (Lipinski definition) is 1. The molecular weight excluding hydrogens is 402 g/mol. The van der Waals surface area contributed by atoms with Crippen molar-refractivity contribution in [3.05, 3.63) is 89.6 Å². The van der Waals surface area contributed by atoms with Crippen molar-refractivity contribution in [2.75, 3.05) is 12.3 Å². The molecule has 2 aliphatic heterocycles. The lowest BCUT2D eigenvalue weighted by atomic mass is 10.1. The van der Waals surface area contributed by atoms with Crippen LogP contribution in [0, 0.1) is 0 Å². The van der Waals surface area contributed by atoms with Crippen molar-refractivity contribution in [3.8, 4) is 5.75 Å². The molecule has 0 saturated carbocycles. The molecule has 154 valence electrons. The van der Waals surface area contributed by atoms with Gasteiger partial charge in [0.15, 0.2) is 0 Å². The fourth-order valence-electron chi connectivity index (χ4n) is 3.16. The molecule has 0 unspecified atom stereocenters. The maximum absolute atomic E-state index is 12.6. The number of nitrogens with one attached hydrogen (secondary N) is 1. The molecule has 0 fully saturated rings. The molecule has 1 N–H and O–H groups in total. The zero-order valence-electron chi connectivity index (χ0n) is 16.2. The molecule has 2 aromatic rings. The number of nitrogens with zero attached hydrogens (tertiary/aromatic N) is 2. The van der Waals surface area contributed by atoms with Crippen LogP contribution < -0.4 is 10.1 Å². The average molecular weight is 423 g/mol. The van der Waals surface area contributed by atoms with E-state index >= 15 is 0 Å². The summed E-state index contributed by atoms with van der Waals surface area (Å²) in [5.41, 5.74) is 2.41. The topological polar surface area (TPSA) is 88.1 Å². The molecule has 0 aromatic heterocycles. The Kier molecular flexibility index (Phi) is 5.67. The average Bonchev–Trinajstić information content (AvgIpc) is 2.76. The van der Waals surface area contributed by atoms with Gasteiger partial charge >= 0.3 is 0 Å². The second-order valence-electron chi connectivity index (χ2n) is 6.90. The standard InChI is InChI=1S/C22H21N3O4S/c26-22(18-10-11-21-24-30(27,28)13-12-25(21)15-18)23-14-17-6-4-5-7-19(17)16-29-20-8-2-1-3-9-20/h1-11,15H,12-14,16H2,(H,23,26). The summed E-state index contributed by atoms with van der Waals surface area (Å²) < 4.78 is 32.7. The highest BCUT2D eigenvalue weighted by Gasteiger charge is 2.24. The molecule has 8 heteroatoms. The van der Waals surface area contributed by atoms with Gasteiger partial charge in [-0.25, -0.2) is 8.42 Å². The van der Waals surface area contributed by atoms with Gasteiger partial charge in [-0.05, 0) is 35.4 Å². The monoisotopic (exact) mass is 423 g/mol. The van der Waals surface area contributed by atoms with Crippen molar-refractivity contribution in [3.63, 3.8) is 0 Å². The first-order chi connectivity index (χ1) is 14.5. The minimum atomic E-state index is -3.41. The fourth-order valence-corrected chi connectivity index (χ4v) is 4.13. The van der Waals surface area contributed by atoms with Gasteiger partial charge in [0, 0.05) is 19.3 Å². The molecule has 0 saturated heterocycles. The van der Waals surface area contributed by atoms with Gasteiger partial charge in [0.05, 0.1) is 11.3 Å². The Morgan fingerprint density at radius 1 is 1.03 bits per heavy atom. The highest BCUT2D eigenvalue weighted by molar-refractivity contribution is 7.90. The van der Waals surface area contributed by atoms with E-state index < -0.39 is 10.0 Å². The molecule has 2 aliphatic rings. The molecule has 7 nitrogen and oxygen atoms in total. The van der Waals surface area contributed by atoms with Crippen LogP contribution in [0.3, 0.4) is 0 Å². The first-order valence-corrected chi connectivity index (χ1v) is 11.1. The van der Waals surface area contributed by atoms with E-state index in [-0.39, 0.29) is 18.2 Å². The lowest BCUT2D eigenvalue weighted by molar-refractivity contribution is -0.117. The van der Waals surface area contributed by atoms with Gasteiger partial charge in [0.1, 0.15) is 18.2 Å². The van der Waals surface area contributed by atoms with Crippen LogP contribution in [0.2, 0.25) is 0 Å². The molecule has 2 aromatic carbocycles. The lowest BCUT2D eigenvalue weighted by Gasteiger charge is -2.27. The third-order valence-electron chi connectivity index (χ3n) is 4.78. The number of hydrogen-bond acceptors (Lipinski definition) is 5. The normalized spacial score (nSPS) is 16.9. The Morgan fingerprint density at radius 3 is 2.57 bits per heavy atom. The largest absolute Gasteiger partial charge is 0.489 e. The number of carbonyl (C=O) groups excluding carboxylic acids is 1. The summed E-state index contributed by atoms with van der Waals surface area (Å²) in [5, 5.41) is 2.92. The molecule has 0 aliphatic carbocycles. The van der Waals surface area contributed by atoms with E-state index in [1.807, 2.05) is 54.6 Å². The van der Waals surface area contributed by atoms with E-state index in [2.05, 4.69) is 9.71 Å². The highest BCUT2D eigenvalue weighted by atomic mass is 32.2. The zero-order chi connectivity index (χ0) is 21.0. The van der Waals surface area contributed by atoms with Crippen LogP contribution in [0.25, 0.3) is 0 Å². The van der Waals surface area contributed by atoms with Crippen molar-refractivity contribution in [2.45, 2.75) is 13.2 Å². The second kappa shape index (κ2) is 8.54. The summed E-state index contributed by atoms with van der Waals surface area (Å²) in [4.78, 5) is 14.3. The van der Waals surface area contributed by atoms with Crippen LogP contribution >= 0.6 is 0 Å². The molecule has 0 atom stereocenters. The summed E-state index contributed by atoms with van der Waals surface area (Å²) in [6.07, 6.45) is 4.76. The number of benzene rings is 2. The van der Waals surface area contributed by atoms with E-state index in [9.17, 15) is 13.2 Å². The van der Waals surface area contributed by atoms with Crippen LogP contribution in [0.15, 0.2) is 82.9 Å². The second-order valence-corrected chi connectivity index (χ2v) is 8.65. The summed E-state index contributed by atoms with van der Waals surface area (Å²) >= 11 is 0. The quantitative estimate of drug-likeness (QED) is 0.771. The number of amides is 1. The number of rotatable bonds is 6. The third-order valence-corrected chi connectivity index (χ3v) is 5.95. The first-order valence-electron chi connectivity index (χ1n) is 9.52. The Hall–Kier alpha value is -3.39. The van der Waals surface area contributed by atoms with E-state index in [1.165, 1.54) is 0 Å². The molecule has 1 amide bonds. The molecular formula is C22H21N3O4S. The number of ether oxygens (including phenoxy) is 1. The molecule has 4 rings (SSSR count). The smallest absolute Gasteiger partial charge is 0.256 e. The van der Waals surface area contributed by atoms with Gasteiger partial charge < -0.3 is 15.0 Å². The number of sulfonamides is 1. The van der Waals surface area contributed by atoms with Gasteiger partial charge in [0.25, 0.3) is 15.9 Å². The maximum atomic E-state index is 12.6. The first kappa shape index (κ1) is 19.9. The van der Waals surface area contributed by atoms with Crippen molar-refractivity contribution in [2.24, 2.45) is 4.40 Å². The predicted octanol–water partition coefficient (Wildman–Crippen LogP) is 2.38. The predicted molar refractivity (Wildman–Crippen MR) is 114 cm³/mol.